The zero-order valence-corrected chi connectivity index (χ0v) is 19.4. The molecular formula is C22H30ClN3O3S. The van der Waals surface area contributed by atoms with E-state index >= 15 is 0 Å². The number of halogens is 1. The van der Waals surface area contributed by atoms with E-state index in [0.29, 0.717) is 24.3 Å². The van der Waals surface area contributed by atoms with Crippen LogP contribution in [0.2, 0.25) is 5.02 Å². The van der Waals surface area contributed by atoms with Gasteiger partial charge in [-0.1, -0.05) is 55.4 Å². The maximum atomic E-state index is 13.0. The highest BCUT2D eigenvalue weighted by Crippen LogP contribution is 2.22. The normalized spacial score (nSPS) is 11.9. The Morgan fingerprint density at radius 3 is 2.67 bits per heavy atom. The maximum absolute atomic E-state index is 13.0. The molecule has 1 atom stereocenters. The molecule has 0 spiro atoms. The third kappa shape index (κ3) is 7.06. The first-order chi connectivity index (χ1) is 14.5. The number of ether oxygens (including phenoxy) is 1. The van der Waals surface area contributed by atoms with Gasteiger partial charge in [0.15, 0.2) is 5.16 Å². The lowest BCUT2D eigenvalue weighted by molar-refractivity contribution is -0.155. The Hall–Kier alpha value is -1.99. The minimum Gasteiger partial charge on any atom is -0.464 e. The van der Waals surface area contributed by atoms with Gasteiger partial charge in [0, 0.05) is 42.1 Å². The largest absolute Gasteiger partial charge is 0.464 e. The van der Waals surface area contributed by atoms with Gasteiger partial charge >= 0.3 is 5.97 Å². The van der Waals surface area contributed by atoms with Crippen LogP contribution in [0.25, 0.3) is 0 Å². The number of esters is 1. The van der Waals surface area contributed by atoms with Crippen LogP contribution in [0.15, 0.2) is 35.6 Å². The SMILES string of the molecule is CCCSc1ncc(C[C@@H](C(=O)OCC)N(Cc2ccccc2Cl)C(=O)CCC)[nH]1. The number of carbonyl (C=O) groups is 2. The molecule has 30 heavy (non-hydrogen) atoms. The number of thioether (sulfide) groups is 1. The molecule has 164 valence electrons. The zero-order chi connectivity index (χ0) is 21.9. The lowest BCUT2D eigenvalue weighted by Crippen LogP contribution is -2.46. The van der Waals surface area contributed by atoms with Gasteiger partial charge in [-0.05, 0) is 31.4 Å². The number of hydrogen-bond acceptors (Lipinski definition) is 5. The van der Waals surface area contributed by atoms with Crippen molar-refractivity contribution in [3.63, 3.8) is 0 Å². The van der Waals surface area contributed by atoms with Crippen LogP contribution in [-0.2, 0) is 27.3 Å². The summed E-state index contributed by atoms with van der Waals surface area (Å²) in [6, 6.07) is 6.60. The average Bonchev–Trinajstić information content (AvgIpc) is 3.18. The average molecular weight is 452 g/mol. The number of aromatic nitrogens is 2. The van der Waals surface area contributed by atoms with Gasteiger partial charge < -0.3 is 14.6 Å². The minimum absolute atomic E-state index is 0.101. The Morgan fingerprint density at radius 1 is 1.23 bits per heavy atom. The predicted octanol–water partition coefficient (Wildman–Crippen LogP) is 4.87. The molecule has 0 fully saturated rings. The summed E-state index contributed by atoms with van der Waals surface area (Å²) in [6.07, 6.45) is 4.11. The van der Waals surface area contributed by atoms with Crippen LogP contribution in [0.4, 0.5) is 0 Å². The Balaban J connectivity index is 2.32. The van der Waals surface area contributed by atoms with E-state index in [1.165, 1.54) is 0 Å². The second-order valence-electron chi connectivity index (χ2n) is 6.90. The van der Waals surface area contributed by atoms with Crippen molar-refractivity contribution >= 4 is 35.2 Å². The number of amides is 1. The van der Waals surface area contributed by atoms with Crippen LogP contribution in [0.5, 0.6) is 0 Å². The number of nitrogens with zero attached hydrogens (tertiary/aromatic N) is 2. The molecule has 1 aromatic carbocycles. The fraction of sp³-hybridized carbons (Fsp3) is 0.500. The summed E-state index contributed by atoms with van der Waals surface area (Å²) >= 11 is 7.97. The van der Waals surface area contributed by atoms with Gasteiger partial charge in [0.1, 0.15) is 6.04 Å². The highest BCUT2D eigenvalue weighted by atomic mass is 35.5. The van der Waals surface area contributed by atoms with E-state index in [4.69, 9.17) is 16.3 Å². The summed E-state index contributed by atoms with van der Waals surface area (Å²) in [6.45, 7) is 6.30. The van der Waals surface area contributed by atoms with Gasteiger partial charge in [-0.2, -0.15) is 0 Å². The van der Waals surface area contributed by atoms with Gasteiger partial charge in [-0.3, -0.25) is 4.79 Å². The summed E-state index contributed by atoms with van der Waals surface area (Å²) in [5.74, 6) is 0.434. The first-order valence-electron chi connectivity index (χ1n) is 10.4. The maximum Gasteiger partial charge on any atom is 0.329 e. The quantitative estimate of drug-likeness (QED) is 0.368. The highest BCUT2D eigenvalue weighted by molar-refractivity contribution is 7.99. The van der Waals surface area contributed by atoms with Gasteiger partial charge in [-0.15, -0.1) is 0 Å². The summed E-state index contributed by atoms with van der Waals surface area (Å²) in [5.41, 5.74) is 1.59. The van der Waals surface area contributed by atoms with E-state index < -0.39 is 12.0 Å². The molecule has 0 aliphatic carbocycles. The number of imidazole rings is 1. The predicted molar refractivity (Wildman–Crippen MR) is 121 cm³/mol. The molecule has 1 N–H and O–H groups in total. The molecule has 0 saturated carbocycles. The van der Waals surface area contributed by atoms with Crippen molar-refractivity contribution in [2.45, 2.75) is 64.2 Å². The second-order valence-corrected chi connectivity index (χ2v) is 8.39. The molecule has 2 rings (SSSR count). The van der Waals surface area contributed by atoms with Gasteiger partial charge in [0.2, 0.25) is 5.91 Å². The monoisotopic (exact) mass is 451 g/mol. The molecule has 1 amide bonds. The third-order valence-electron chi connectivity index (χ3n) is 4.48. The first kappa shape index (κ1) is 24.3. The molecule has 6 nitrogen and oxygen atoms in total. The number of rotatable bonds is 12. The van der Waals surface area contributed by atoms with Gasteiger partial charge in [0.05, 0.1) is 6.61 Å². The van der Waals surface area contributed by atoms with E-state index in [1.54, 1.807) is 35.8 Å². The van der Waals surface area contributed by atoms with Crippen molar-refractivity contribution in [2.24, 2.45) is 0 Å². The van der Waals surface area contributed by atoms with Crippen LogP contribution in [0.3, 0.4) is 0 Å². The van der Waals surface area contributed by atoms with E-state index in [0.717, 1.165) is 28.6 Å². The summed E-state index contributed by atoms with van der Waals surface area (Å²) in [4.78, 5) is 35.1. The summed E-state index contributed by atoms with van der Waals surface area (Å²) < 4.78 is 5.32. The number of carbonyl (C=O) groups excluding carboxylic acids is 2. The van der Waals surface area contributed by atoms with Crippen LogP contribution >= 0.6 is 23.4 Å². The molecule has 0 aliphatic rings. The molecule has 8 heteroatoms. The lowest BCUT2D eigenvalue weighted by Gasteiger charge is -2.30. The number of aromatic amines is 1. The topological polar surface area (TPSA) is 75.3 Å². The number of hydrogen-bond donors (Lipinski definition) is 1. The fourth-order valence-corrected chi connectivity index (χ4v) is 3.95. The molecule has 0 saturated heterocycles. The Kier molecular flexibility index (Phi) is 10.2. The van der Waals surface area contributed by atoms with E-state index in [9.17, 15) is 9.59 Å². The van der Waals surface area contributed by atoms with E-state index in [2.05, 4.69) is 16.9 Å². The molecule has 2 aromatic rings. The fourth-order valence-electron chi connectivity index (χ4n) is 3.02. The molecule has 0 unspecified atom stereocenters. The molecule has 0 radical (unpaired) electrons. The van der Waals surface area contributed by atoms with E-state index in [-0.39, 0.29) is 19.1 Å². The van der Waals surface area contributed by atoms with Crippen LogP contribution in [-0.4, -0.2) is 45.1 Å². The second kappa shape index (κ2) is 12.6. The minimum atomic E-state index is -0.759. The van der Waals surface area contributed by atoms with Crippen molar-refractivity contribution in [3.8, 4) is 0 Å². The standard InChI is InChI=1S/C22H30ClN3O3S/c1-4-9-20(27)26(15-16-10-7-8-11-18(16)23)19(21(28)29-6-3)13-17-14-24-22(25-17)30-12-5-2/h7-8,10-11,14,19H,4-6,9,12-13,15H2,1-3H3,(H,24,25)/t19-/m0/s1. The van der Waals surface area contributed by atoms with Crippen molar-refractivity contribution in [1.82, 2.24) is 14.9 Å². The number of H-pyrrole nitrogens is 1. The molecule has 1 heterocycles. The molecule has 1 aromatic heterocycles. The van der Waals surface area contributed by atoms with Gasteiger partial charge in [0.25, 0.3) is 0 Å². The molecular weight excluding hydrogens is 422 g/mol. The van der Waals surface area contributed by atoms with Crippen LogP contribution in [0, 0.1) is 0 Å². The van der Waals surface area contributed by atoms with E-state index in [1.807, 2.05) is 25.1 Å². The van der Waals surface area contributed by atoms with Crippen molar-refractivity contribution in [3.05, 3.63) is 46.7 Å². The first-order valence-corrected chi connectivity index (χ1v) is 11.7. The Bertz CT molecular complexity index is 827. The molecule has 0 bridgehead atoms. The summed E-state index contributed by atoms with van der Waals surface area (Å²) in [7, 11) is 0. The highest BCUT2D eigenvalue weighted by Gasteiger charge is 2.32. The third-order valence-corrected chi connectivity index (χ3v) is 5.94. The molecule has 0 aliphatic heterocycles. The number of benzene rings is 1. The van der Waals surface area contributed by atoms with Crippen LogP contribution in [0.1, 0.15) is 51.3 Å². The summed E-state index contributed by atoms with van der Waals surface area (Å²) in [5, 5.41) is 1.38. The van der Waals surface area contributed by atoms with Crippen molar-refractivity contribution in [2.75, 3.05) is 12.4 Å². The Labute approximate surface area is 187 Å². The van der Waals surface area contributed by atoms with Crippen LogP contribution < -0.4 is 0 Å². The van der Waals surface area contributed by atoms with Gasteiger partial charge in [-0.25, -0.2) is 9.78 Å². The van der Waals surface area contributed by atoms with Crippen molar-refractivity contribution < 1.29 is 14.3 Å². The Morgan fingerprint density at radius 2 is 2.00 bits per heavy atom. The smallest absolute Gasteiger partial charge is 0.329 e. The van der Waals surface area contributed by atoms with Crippen molar-refractivity contribution in [1.29, 1.82) is 0 Å². The number of nitrogens with one attached hydrogen (secondary N) is 1. The zero-order valence-electron chi connectivity index (χ0n) is 17.8. The lowest BCUT2D eigenvalue weighted by atomic mass is 10.1.